The number of carbonyl (C=O) groups is 5. The number of nitrogens with one attached hydrogen (secondary N) is 2. The van der Waals surface area contributed by atoms with Crippen LogP contribution in [0.5, 0.6) is 0 Å². The molecule has 9 N–H and O–H groups in total. The number of hydrogen-bond acceptors (Lipinski definition) is 9. The van der Waals surface area contributed by atoms with Gasteiger partial charge in [0.15, 0.2) is 6.29 Å². The Balaban J connectivity index is 2.44. The molecule has 1 aromatic rings. The Morgan fingerprint density at radius 2 is 1.25 bits per heavy atom. The van der Waals surface area contributed by atoms with Crippen molar-refractivity contribution in [3.63, 3.8) is 0 Å². The number of amides is 3. The molecule has 0 heterocycles. The number of hydrogen-bond donors (Lipinski definition) is 8. The minimum atomic E-state index is -1.90. The van der Waals surface area contributed by atoms with Crippen LogP contribution in [0.1, 0.15) is 151 Å². The number of carbonyl (C=O) groups excluding carboxylic acids is 3. The van der Waals surface area contributed by atoms with Gasteiger partial charge in [0.1, 0.15) is 6.04 Å². The molecule has 3 amide bonds. The quantitative estimate of drug-likeness (QED) is 0.0393. The zero-order valence-corrected chi connectivity index (χ0v) is 30.2. The van der Waals surface area contributed by atoms with Crippen LogP contribution in [0.4, 0.5) is 5.69 Å². The van der Waals surface area contributed by atoms with Crippen LogP contribution in [0.15, 0.2) is 18.2 Å². The van der Waals surface area contributed by atoms with Gasteiger partial charge < -0.3 is 46.8 Å². The Morgan fingerprint density at radius 3 is 1.76 bits per heavy atom. The van der Waals surface area contributed by atoms with Crippen LogP contribution in [-0.2, 0) is 19.2 Å². The van der Waals surface area contributed by atoms with Gasteiger partial charge in [-0.25, -0.2) is 0 Å². The van der Waals surface area contributed by atoms with Crippen molar-refractivity contribution < 1.29 is 49.5 Å². The standard InChI is InChI=1S/C37H62N4O10/c38-31(37(50)51)18-15-16-21-39-35(47)28-24-29(36(48)49)26-30(25-28)40-32(43)27-41(22-17-23-42)33(44)19-13-11-9-7-5-3-1-2-4-6-8-10-12-14-20-34(45)46/h24-26,31,36,42,48-49H,1-23,27,38H2,(H,39,47)(H,40,43)(H,45,46)(H,50,51)/t31-/m0/s1. The van der Waals surface area contributed by atoms with Crippen molar-refractivity contribution in [2.24, 2.45) is 5.73 Å². The van der Waals surface area contributed by atoms with E-state index in [0.717, 1.165) is 44.9 Å². The topological polar surface area (TPSA) is 240 Å². The van der Waals surface area contributed by atoms with Crippen molar-refractivity contribution >= 4 is 35.3 Å². The molecule has 14 nitrogen and oxygen atoms in total. The summed E-state index contributed by atoms with van der Waals surface area (Å²) in [5.74, 6) is -3.06. The highest BCUT2D eigenvalue weighted by Gasteiger charge is 2.19. The molecule has 1 aromatic carbocycles. The number of nitrogens with zero attached hydrogens (tertiary/aromatic N) is 1. The van der Waals surface area contributed by atoms with Gasteiger partial charge in [-0.1, -0.05) is 77.0 Å². The molecule has 0 saturated heterocycles. The summed E-state index contributed by atoms with van der Waals surface area (Å²) < 4.78 is 0. The third-order valence-corrected chi connectivity index (χ3v) is 8.65. The van der Waals surface area contributed by atoms with Gasteiger partial charge >= 0.3 is 11.9 Å². The molecule has 0 bridgehead atoms. The van der Waals surface area contributed by atoms with Crippen molar-refractivity contribution in [2.45, 2.75) is 141 Å². The fraction of sp³-hybridized carbons (Fsp3) is 0.703. The first kappa shape index (κ1) is 45.4. The first-order valence-corrected chi connectivity index (χ1v) is 18.6. The molecule has 0 unspecified atom stereocenters. The van der Waals surface area contributed by atoms with Gasteiger partial charge in [0, 0.05) is 49.4 Å². The Hall–Kier alpha value is -3.59. The summed E-state index contributed by atoms with van der Waals surface area (Å²) in [7, 11) is 0. The van der Waals surface area contributed by atoms with E-state index < -0.39 is 36.1 Å². The number of aliphatic hydroxyl groups excluding tert-OH is 2. The van der Waals surface area contributed by atoms with E-state index in [2.05, 4.69) is 10.6 Å². The Bertz CT molecular complexity index is 1180. The van der Waals surface area contributed by atoms with Gasteiger partial charge in [0.25, 0.3) is 5.91 Å². The molecule has 1 rings (SSSR count). The lowest BCUT2D eigenvalue weighted by Crippen LogP contribution is -2.39. The van der Waals surface area contributed by atoms with E-state index in [1.807, 2.05) is 0 Å². The number of aliphatic hydroxyl groups is 3. The van der Waals surface area contributed by atoms with Crippen LogP contribution in [0.25, 0.3) is 0 Å². The number of unbranched alkanes of at least 4 members (excludes halogenated alkanes) is 14. The Kier molecular flexibility index (Phi) is 25.0. The number of nitrogens with two attached hydrogens (primary N) is 1. The maximum absolute atomic E-state index is 13.0. The van der Waals surface area contributed by atoms with Crippen LogP contribution < -0.4 is 16.4 Å². The van der Waals surface area contributed by atoms with E-state index >= 15 is 0 Å². The van der Waals surface area contributed by atoms with Gasteiger partial charge in [0.2, 0.25) is 11.8 Å². The summed E-state index contributed by atoms with van der Waals surface area (Å²) >= 11 is 0. The second-order valence-corrected chi connectivity index (χ2v) is 13.2. The van der Waals surface area contributed by atoms with Gasteiger partial charge in [-0.05, 0) is 56.7 Å². The molecular formula is C37H62N4O10. The summed E-state index contributed by atoms with van der Waals surface area (Å²) in [4.78, 5) is 61.5. The number of rotatable bonds is 31. The SMILES string of the molecule is N[C@@H](CCCCNC(=O)c1cc(NC(=O)CN(CCCO)C(=O)CCCCCCCCCCCCCCCCC(=O)O)cc(C(O)O)c1)C(=O)O. The predicted molar refractivity (Wildman–Crippen MR) is 194 cm³/mol. The molecule has 0 spiro atoms. The number of aliphatic carboxylic acids is 2. The third kappa shape index (κ3) is 22.8. The number of benzene rings is 1. The first-order valence-electron chi connectivity index (χ1n) is 18.6. The lowest BCUT2D eigenvalue weighted by molar-refractivity contribution is -0.139. The molecule has 0 saturated carbocycles. The molecule has 290 valence electrons. The monoisotopic (exact) mass is 722 g/mol. The van der Waals surface area contributed by atoms with E-state index in [1.54, 1.807) is 0 Å². The molecule has 0 fully saturated rings. The van der Waals surface area contributed by atoms with Gasteiger partial charge in [-0.3, -0.25) is 24.0 Å². The van der Waals surface area contributed by atoms with Crippen molar-refractivity contribution in [2.75, 3.05) is 31.6 Å². The lowest BCUT2D eigenvalue weighted by Gasteiger charge is -2.22. The smallest absolute Gasteiger partial charge is 0.320 e. The second kappa shape index (κ2) is 28.1. The minimum absolute atomic E-state index is 0.0168. The minimum Gasteiger partial charge on any atom is -0.481 e. The van der Waals surface area contributed by atoms with E-state index in [1.165, 1.54) is 61.6 Å². The van der Waals surface area contributed by atoms with Crippen molar-refractivity contribution in [1.82, 2.24) is 10.2 Å². The average Bonchev–Trinajstić information content (AvgIpc) is 3.08. The van der Waals surface area contributed by atoms with Gasteiger partial charge in [-0.15, -0.1) is 0 Å². The summed E-state index contributed by atoms with van der Waals surface area (Å²) in [6.07, 6.45) is 15.2. The summed E-state index contributed by atoms with van der Waals surface area (Å²) in [5.41, 5.74) is 5.68. The number of carboxylic acids is 2. The van der Waals surface area contributed by atoms with E-state index in [4.69, 9.17) is 15.9 Å². The maximum atomic E-state index is 13.0. The number of carboxylic acid groups (broad SMARTS) is 2. The van der Waals surface area contributed by atoms with Crippen LogP contribution in [-0.4, -0.2) is 92.4 Å². The summed E-state index contributed by atoms with van der Waals surface area (Å²) in [6.45, 7) is 0.0349. The maximum Gasteiger partial charge on any atom is 0.320 e. The fourth-order valence-corrected chi connectivity index (χ4v) is 5.68. The molecule has 0 aliphatic heterocycles. The molecule has 51 heavy (non-hydrogen) atoms. The fourth-order valence-electron chi connectivity index (χ4n) is 5.68. The van der Waals surface area contributed by atoms with Crippen LogP contribution in [0.3, 0.4) is 0 Å². The molecular weight excluding hydrogens is 660 g/mol. The zero-order chi connectivity index (χ0) is 37.9. The predicted octanol–water partition coefficient (Wildman–Crippen LogP) is 4.46. The molecule has 14 heteroatoms. The summed E-state index contributed by atoms with van der Waals surface area (Å²) in [6, 6.07) is 3.02. The van der Waals surface area contributed by atoms with Crippen LogP contribution in [0, 0.1) is 0 Å². The van der Waals surface area contributed by atoms with E-state index in [-0.39, 0.29) is 68.2 Å². The van der Waals surface area contributed by atoms with Crippen molar-refractivity contribution in [1.29, 1.82) is 0 Å². The van der Waals surface area contributed by atoms with Crippen molar-refractivity contribution in [3.8, 4) is 0 Å². The molecule has 0 aliphatic carbocycles. The van der Waals surface area contributed by atoms with Gasteiger partial charge in [-0.2, -0.15) is 0 Å². The second-order valence-electron chi connectivity index (χ2n) is 13.2. The molecule has 0 radical (unpaired) electrons. The Labute approximate surface area is 302 Å². The molecule has 1 atom stereocenters. The number of anilines is 1. The molecule has 0 aliphatic rings. The highest BCUT2D eigenvalue weighted by Crippen LogP contribution is 2.20. The zero-order valence-electron chi connectivity index (χ0n) is 30.2. The summed E-state index contributed by atoms with van der Waals surface area (Å²) in [5, 5.41) is 51.7. The third-order valence-electron chi connectivity index (χ3n) is 8.65. The lowest BCUT2D eigenvalue weighted by atomic mass is 10.0. The largest absolute Gasteiger partial charge is 0.481 e. The van der Waals surface area contributed by atoms with Crippen LogP contribution in [0.2, 0.25) is 0 Å². The van der Waals surface area contributed by atoms with Crippen molar-refractivity contribution in [3.05, 3.63) is 29.3 Å². The van der Waals surface area contributed by atoms with E-state index in [9.17, 15) is 39.3 Å². The highest BCUT2D eigenvalue weighted by atomic mass is 16.5. The molecule has 0 aromatic heterocycles. The van der Waals surface area contributed by atoms with Gasteiger partial charge in [0.05, 0.1) is 6.54 Å². The Morgan fingerprint density at radius 1 is 0.706 bits per heavy atom. The first-order chi connectivity index (χ1) is 24.4. The normalized spacial score (nSPS) is 11.7. The van der Waals surface area contributed by atoms with Crippen LogP contribution >= 0.6 is 0 Å². The highest BCUT2D eigenvalue weighted by molar-refractivity contribution is 5.98. The average molecular weight is 723 g/mol. The van der Waals surface area contributed by atoms with E-state index in [0.29, 0.717) is 25.7 Å².